The van der Waals surface area contributed by atoms with Crippen LogP contribution in [0.1, 0.15) is 21.8 Å². The predicted octanol–water partition coefficient (Wildman–Crippen LogP) is 2.91. The minimum absolute atomic E-state index is 0.149. The molecule has 0 spiro atoms. The average molecular weight is 387 g/mol. The smallest absolute Gasteiger partial charge is 0.254 e. The molecule has 1 atom stereocenters. The van der Waals surface area contributed by atoms with Gasteiger partial charge in [0, 0.05) is 30.1 Å². The van der Waals surface area contributed by atoms with E-state index in [1.165, 1.54) is 0 Å². The van der Waals surface area contributed by atoms with Gasteiger partial charge < -0.3 is 19.2 Å². The molecule has 4 rings (SSSR count). The van der Waals surface area contributed by atoms with E-state index in [-0.39, 0.29) is 19.1 Å². The van der Waals surface area contributed by atoms with Crippen LogP contribution in [0.25, 0.3) is 11.1 Å². The van der Waals surface area contributed by atoms with Gasteiger partial charge in [0.2, 0.25) is 0 Å². The maximum absolute atomic E-state index is 12.8. The summed E-state index contributed by atoms with van der Waals surface area (Å²) in [5.74, 6) is 0.430. The second-order valence-electron chi connectivity index (χ2n) is 6.57. The molecule has 2 aromatic carbocycles. The number of aliphatic hydroxyl groups is 1. The van der Waals surface area contributed by atoms with Crippen LogP contribution in [0.15, 0.2) is 46.9 Å². The number of carbonyl (C=O) groups is 1. The van der Waals surface area contributed by atoms with Crippen molar-refractivity contribution in [2.75, 3.05) is 26.3 Å². The predicted molar refractivity (Wildman–Crippen MR) is 101 cm³/mol. The molecule has 0 aliphatic carbocycles. The topological polar surface area (TPSA) is 75.8 Å². The first-order valence-corrected chi connectivity index (χ1v) is 9.15. The number of hydrogen-bond acceptors (Lipinski definition) is 5. The Labute approximate surface area is 161 Å². The zero-order valence-electron chi connectivity index (χ0n) is 14.6. The maximum Gasteiger partial charge on any atom is 0.254 e. The van der Waals surface area contributed by atoms with Crippen molar-refractivity contribution >= 4 is 28.6 Å². The Morgan fingerprint density at radius 2 is 2.07 bits per heavy atom. The van der Waals surface area contributed by atoms with Gasteiger partial charge in [-0.15, -0.1) is 0 Å². The highest BCUT2D eigenvalue weighted by molar-refractivity contribution is 6.30. The highest BCUT2D eigenvalue weighted by Crippen LogP contribution is 2.21. The van der Waals surface area contributed by atoms with Crippen LogP contribution in [-0.4, -0.2) is 53.3 Å². The normalized spacial score (nSPS) is 17.9. The van der Waals surface area contributed by atoms with Gasteiger partial charge in [-0.2, -0.15) is 0 Å². The molecule has 1 amide bonds. The first kappa shape index (κ1) is 18.0. The lowest BCUT2D eigenvalue weighted by Gasteiger charge is -2.21. The van der Waals surface area contributed by atoms with Crippen molar-refractivity contribution in [1.29, 1.82) is 0 Å². The van der Waals surface area contributed by atoms with Gasteiger partial charge in [-0.05, 0) is 35.9 Å². The second-order valence-corrected chi connectivity index (χ2v) is 7.01. The molecule has 2 heterocycles. The minimum atomic E-state index is -0.668. The molecule has 140 valence electrons. The SMILES string of the molecule is O=C(c1ccc2oc(Cc3ccc(Cl)cc3)nc2c1)N1CCOC[C@H](O)C1. The Balaban J connectivity index is 1.55. The third-order valence-corrected chi connectivity index (χ3v) is 4.73. The van der Waals surface area contributed by atoms with E-state index in [0.717, 1.165) is 5.56 Å². The fourth-order valence-corrected chi connectivity index (χ4v) is 3.25. The van der Waals surface area contributed by atoms with Gasteiger partial charge in [-0.25, -0.2) is 4.98 Å². The van der Waals surface area contributed by atoms with Gasteiger partial charge in [-0.1, -0.05) is 23.7 Å². The molecule has 1 N–H and O–H groups in total. The van der Waals surface area contributed by atoms with E-state index in [9.17, 15) is 9.90 Å². The number of fused-ring (bicyclic) bond motifs is 1. The molecule has 1 aromatic heterocycles. The van der Waals surface area contributed by atoms with Crippen molar-refractivity contribution in [3.05, 3.63) is 64.5 Å². The fraction of sp³-hybridized carbons (Fsp3) is 0.300. The highest BCUT2D eigenvalue weighted by atomic mass is 35.5. The number of aromatic nitrogens is 1. The Morgan fingerprint density at radius 3 is 2.89 bits per heavy atom. The van der Waals surface area contributed by atoms with Crippen LogP contribution < -0.4 is 0 Å². The molecule has 1 saturated heterocycles. The van der Waals surface area contributed by atoms with E-state index in [1.807, 2.05) is 24.3 Å². The molecule has 6 nitrogen and oxygen atoms in total. The maximum atomic E-state index is 12.8. The number of ether oxygens (including phenoxy) is 1. The third-order valence-electron chi connectivity index (χ3n) is 4.48. The largest absolute Gasteiger partial charge is 0.440 e. The summed E-state index contributed by atoms with van der Waals surface area (Å²) in [7, 11) is 0. The highest BCUT2D eigenvalue weighted by Gasteiger charge is 2.22. The number of nitrogens with zero attached hydrogens (tertiary/aromatic N) is 2. The van der Waals surface area contributed by atoms with Crippen LogP contribution in [0.4, 0.5) is 0 Å². The van der Waals surface area contributed by atoms with E-state index in [4.69, 9.17) is 20.8 Å². The Bertz CT molecular complexity index is 954. The van der Waals surface area contributed by atoms with Crippen molar-refractivity contribution < 1.29 is 19.1 Å². The monoisotopic (exact) mass is 386 g/mol. The standard InChI is InChI=1S/C20H19ClN2O4/c21-15-4-1-13(2-5-15)9-19-22-17-10-14(3-6-18(17)27-19)20(25)23-7-8-26-12-16(24)11-23/h1-6,10,16,24H,7-9,11-12H2/t16-/m1/s1. The Kier molecular flexibility index (Phi) is 5.11. The third kappa shape index (κ3) is 4.13. The van der Waals surface area contributed by atoms with Gasteiger partial charge in [0.25, 0.3) is 5.91 Å². The quantitative estimate of drug-likeness (QED) is 0.749. The van der Waals surface area contributed by atoms with Crippen molar-refractivity contribution in [2.45, 2.75) is 12.5 Å². The summed E-state index contributed by atoms with van der Waals surface area (Å²) in [5, 5.41) is 10.5. The molecule has 0 bridgehead atoms. The molecule has 1 fully saturated rings. The van der Waals surface area contributed by atoms with E-state index in [1.54, 1.807) is 23.1 Å². The molecule has 1 aliphatic heterocycles. The summed E-state index contributed by atoms with van der Waals surface area (Å²) in [5.41, 5.74) is 2.83. The van der Waals surface area contributed by atoms with Gasteiger partial charge in [0.1, 0.15) is 5.52 Å². The number of halogens is 1. The molecular formula is C20H19ClN2O4. The molecule has 27 heavy (non-hydrogen) atoms. The number of benzene rings is 2. The molecule has 1 aliphatic rings. The summed E-state index contributed by atoms with van der Waals surface area (Å²) in [6.45, 7) is 1.38. The van der Waals surface area contributed by atoms with E-state index >= 15 is 0 Å². The van der Waals surface area contributed by atoms with Gasteiger partial charge in [0.05, 0.1) is 19.3 Å². The molecule has 0 radical (unpaired) electrons. The Hall–Kier alpha value is -2.41. The lowest BCUT2D eigenvalue weighted by Crippen LogP contribution is -2.37. The van der Waals surface area contributed by atoms with Gasteiger partial charge in [-0.3, -0.25) is 4.79 Å². The summed E-state index contributed by atoms with van der Waals surface area (Å²) in [4.78, 5) is 18.9. The Morgan fingerprint density at radius 1 is 1.26 bits per heavy atom. The molecule has 0 unspecified atom stereocenters. The number of rotatable bonds is 3. The van der Waals surface area contributed by atoms with Crippen LogP contribution in [0, 0.1) is 0 Å². The van der Waals surface area contributed by atoms with Crippen molar-refractivity contribution in [2.24, 2.45) is 0 Å². The number of carbonyl (C=O) groups excluding carboxylic acids is 1. The summed E-state index contributed by atoms with van der Waals surface area (Å²) < 4.78 is 11.1. The van der Waals surface area contributed by atoms with Crippen LogP contribution in [0.5, 0.6) is 0 Å². The first-order valence-electron chi connectivity index (χ1n) is 8.77. The van der Waals surface area contributed by atoms with Crippen LogP contribution in [0.3, 0.4) is 0 Å². The van der Waals surface area contributed by atoms with E-state index in [0.29, 0.717) is 47.1 Å². The van der Waals surface area contributed by atoms with E-state index in [2.05, 4.69) is 4.98 Å². The molecular weight excluding hydrogens is 368 g/mol. The average Bonchev–Trinajstić information content (AvgIpc) is 2.93. The van der Waals surface area contributed by atoms with Crippen molar-refractivity contribution in [3.8, 4) is 0 Å². The van der Waals surface area contributed by atoms with Crippen molar-refractivity contribution in [1.82, 2.24) is 9.88 Å². The summed E-state index contributed by atoms with van der Waals surface area (Å²) in [6, 6.07) is 12.7. The molecule has 0 saturated carbocycles. The van der Waals surface area contributed by atoms with Gasteiger partial charge in [0.15, 0.2) is 11.5 Å². The number of oxazole rings is 1. The lowest BCUT2D eigenvalue weighted by molar-refractivity contribution is 0.0534. The number of amides is 1. The lowest BCUT2D eigenvalue weighted by atomic mass is 10.1. The van der Waals surface area contributed by atoms with Crippen molar-refractivity contribution in [3.63, 3.8) is 0 Å². The van der Waals surface area contributed by atoms with Crippen LogP contribution >= 0.6 is 11.6 Å². The van der Waals surface area contributed by atoms with Crippen LogP contribution in [-0.2, 0) is 11.2 Å². The molecule has 7 heteroatoms. The molecule has 3 aromatic rings. The van der Waals surface area contributed by atoms with Crippen LogP contribution in [0.2, 0.25) is 5.02 Å². The second kappa shape index (κ2) is 7.68. The fourth-order valence-electron chi connectivity index (χ4n) is 3.12. The first-order chi connectivity index (χ1) is 13.1. The number of hydrogen-bond donors (Lipinski definition) is 1. The van der Waals surface area contributed by atoms with Gasteiger partial charge >= 0.3 is 0 Å². The summed E-state index contributed by atoms with van der Waals surface area (Å²) in [6.07, 6.45) is -0.122. The zero-order chi connectivity index (χ0) is 18.8. The minimum Gasteiger partial charge on any atom is -0.440 e. The number of aliphatic hydroxyl groups excluding tert-OH is 1. The zero-order valence-corrected chi connectivity index (χ0v) is 15.4. The van der Waals surface area contributed by atoms with E-state index < -0.39 is 6.10 Å². The summed E-state index contributed by atoms with van der Waals surface area (Å²) >= 11 is 5.91. The number of β-amino-alcohol motifs (C(OH)–C–C–N with tert-alkyl or cyclic N) is 1.